The van der Waals surface area contributed by atoms with Crippen molar-refractivity contribution in [2.24, 2.45) is 0 Å². The summed E-state index contributed by atoms with van der Waals surface area (Å²) in [5.74, 6) is 0.828. The number of rotatable bonds is 3. The normalized spacial score (nSPS) is 14.4. The Balaban J connectivity index is 1.69. The molecule has 3 heterocycles. The zero-order chi connectivity index (χ0) is 19.0. The lowest BCUT2D eigenvalue weighted by Gasteiger charge is -2.28. The molecule has 0 aliphatic carbocycles. The number of aromatic nitrogens is 3. The van der Waals surface area contributed by atoms with E-state index in [9.17, 15) is 9.59 Å². The van der Waals surface area contributed by atoms with Crippen LogP contribution in [0.5, 0.6) is 0 Å². The van der Waals surface area contributed by atoms with E-state index < -0.39 is 0 Å². The highest BCUT2D eigenvalue weighted by atomic mass is 16.5. The van der Waals surface area contributed by atoms with Crippen molar-refractivity contribution in [3.8, 4) is 0 Å². The van der Waals surface area contributed by atoms with Crippen LogP contribution in [0, 0.1) is 6.92 Å². The Kier molecular flexibility index (Phi) is 4.35. The third kappa shape index (κ3) is 3.05. The first-order valence-electron chi connectivity index (χ1n) is 9.01. The van der Waals surface area contributed by atoms with Crippen LogP contribution in [-0.4, -0.2) is 38.6 Å². The van der Waals surface area contributed by atoms with Gasteiger partial charge in [0.2, 0.25) is 5.76 Å². The van der Waals surface area contributed by atoms with Gasteiger partial charge in [-0.3, -0.25) is 9.59 Å². The van der Waals surface area contributed by atoms with Crippen LogP contribution in [-0.2, 0) is 6.42 Å². The number of benzene rings is 1. The molecule has 0 N–H and O–H groups in total. The third-order valence-corrected chi connectivity index (χ3v) is 4.78. The van der Waals surface area contributed by atoms with Gasteiger partial charge in [-0.2, -0.15) is 4.98 Å². The zero-order valence-corrected chi connectivity index (χ0v) is 15.3. The monoisotopic (exact) mass is 364 g/mol. The van der Waals surface area contributed by atoms with Crippen LogP contribution in [0.15, 0.2) is 45.7 Å². The fourth-order valence-electron chi connectivity index (χ4n) is 3.44. The molecule has 0 bridgehead atoms. The average molecular weight is 364 g/mol. The SMILES string of the molecule is CCc1nc(=O)c2ccccc2n1C1=CCN(C(=O)c2cc(C)no2)CC1. The largest absolute Gasteiger partial charge is 0.351 e. The summed E-state index contributed by atoms with van der Waals surface area (Å²) in [7, 11) is 0. The van der Waals surface area contributed by atoms with E-state index in [4.69, 9.17) is 4.52 Å². The molecule has 0 spiro atoms. The van der Waals surface area contributed by atoms with Crippen molar-refractivity contribution in [2.75, 3.05) is 13.1 Å². The maximum absolute atomic E-state index is 12.5. The summed E-state index contributed by atoms with van der Waals surface area (Å²) in [5, 5.41) is 4.38. The van der Waals surface area contributed by atoms with Crippen LogP contribution in [0.25, 0.3) is 16.6 Å². The van der Waals surface area contributed by atoms with Crippen molar-refractivity contribution >= 4 is 22.5 Å². The molecule has 2 aromatic heterocycles. The molecule has 1 aromatic carbocycles. The Labute approximate surface area is 155 Å². The van der Waals surface area contributed by atoms with E-state index in [0.717, 1.165) is 17.0 Å². The lowest BCUT2D eigenvalue weighted by atomic mass is 10.1. The molecule has 27 heavy (non-hydrogen) atoms. The molecule has 0 atom stereocenters. The summed E-state index contributed by atoms with van der Waals surface area (Å²) in [4.78, 5) is 30.8. The van der Waals surface area contributed by atoms with Crippen LogP contribution in [0.2, 0.25) is 0 Å². The fraction of sp³-hybridized carbons (Fsp3) is 0.300. The minimum Gasteiger partial charge on any atom is -0.351 e. The summed E-state index contributed by atoms with van der Waals surface area (Å²) in [6.45, 7) is 4.80. The number of nitrogens with zero attached hydrogens (tertiary/aromatic N) is 4. The Morgan fingerprint density at radius 2 is 2.11 bits per heavy atom. The predicted octanol–water partition coefficient (Wildman–Crippen LogP) is 2.64. The van der Waals surface area contributed by atoms with Crippen molar-refractivity contribution in [1.82, 2.24) is 19.6 Å². The molecular formula is C20H20N4O3. The van der Waals surface area contributed by atoms with E-state index in [1.165, 1.54) is 0 Å². The topological polar surface area (TPSA) is 81.2 Å². The molecule has 0 radical (unpaired) electrons. The minimum atomic E-state index is -0.201. The second-order valence-electron chi connectivity index (χ2n) is 6.57. The van der Waals surface area contributed by atoms with Crippen LogP contribution in [0.1, 0.15) is 35.4 Å². The molecule has 4 rings (SSSR count). The number of aryl methyl sites for hydroxylation is 2. The van der Waals surface area contributed by atoms with Gasteiger partial charge in [-0.25, -0.2) is 0 Å². The van der Waals surface area contributed by atoms with Crippen LogP contribution in [0.3, 0.4) is 0 Å². The summed E-state index contributed by atoms with van der Waals surface area (Å²) < 4.78 is 7.14. The highest BCUT2D eigenvalue weighted by molar-refractivity contribution is 5.92. The van der Waals surface area contributed by atoms with E-state index in [2.05, 4.69) is 14.7 Å². The zero-order valence-electron chi connectivity index (χ0n) is 15.3. The molecule has 1 aliphatic heterocycles. The first-order chi connectivity index (χ1) is 13.1. The van der Waals surface area contributed by atoms with Crippen LogP contribution >= 0.6 is 0 Å². The van der Waals surface area contributed by atoms with E-state index in [-0.39, 0.29) is 17.2 Å². The minimum absolute atomic E-state index is 0.162. The highest BCUT2D eigenvalue weighted by Crippen LogP contribution is 2.23. The second-order valence-corrected chi connectivity index (χ2v) is 6.57. The van der Waals surface area contributed by atoms with Gasteiger partial charge in [0.05, 0.1) is 16.6 Å². The second kappa shape index (κ2) is 6.83. The lowest BCUT2D eigenvalue weighted by Crippen LogP contribution is -2.35. The van der Waals surface area contributed by atoms with Crippen LogP contribution < -0.4 is 5.56 Å². The standard InChI is InChI=1S/C20H20N4O3/c1-3-18-21-19(25)15-6-4-5-7-16(15)24(18)14-8-10-23(11-9-14)20(26)17-12-13(2)22-27-17/h4-8,12H,3,9-11H2,1-2H3. The Morgan fingerprint density at radius 1 is 1.30 bits per heavy atom. The number of amides is 1. The maximum Gasteiger partial charge on any atom is 0.292 e. The molecule has 1 amide bonds. The summed E-state index contributed by atoms with van der Waals surface area (Å²) in [6, 6.07) is 9.15. The van der Waals surface area contributed by atoms with Gasteiger partial charge in [-0.1, -0.05) is 24.2 Å². The van der Waals surface area contributed by atoms with Crippen LogP contribution in [0.4, 0.5) is 0 Å². The first kappa shape index (κ1) is 17.2. The van der Waals surface area contributed by atoms with Gasteiger partial charge >= 0.3 is 0 Å². The van der Waals surface area contributed by atoms with Crippen molar-refractivity contribution in [1.29, 1.82) is 0 Å². The van der Waals surface area contributed by atoms with E-state index in [1.54, 1.807) is 24.0 Å². The van der Waals surface area contributed by atoms with Crippen molar-refractivity contribution in [2.45, 2.75) is 26.7 Å². The Bertz CT molecular complexity index is 1110. The van der Waals surface area contributed by atoms with Gasteiger partial charge in [-0.05, 0) is 25.1 Å². The molecule has 0 saturated carbocycles. The molecule has 0 unspecified atom stereocenters. The van der Waals surface area contributed by atoms with Gasteiger partial charge in [0, 0.05) is 37.7 Å². The maximum atomic E-state index is 12.5. The lowest BCUT2D eigenvalue weighted by molar-refractivity contribution is 0.0730. The molecule has 0 saturated heterocycles. The number of fused-ring (bicyclic) bond motifs is 1. The van der Waals surface area contributed by atoms with Gasteiger partial charge in [0.25, 0.3) is 11.5 Å². The van der Waals surface area contributed by atoms with Crippen molar-refractivity contribution < 1.29 is 9.32 Å². The smallest absolute Gasteiger partial charge is 0.292 e. The van der Waals surface area contributed by atoms with E-state index in [1.807, 2.05) is 31.2 Å². The van der Waals surface area contributed by atoms with Gasteiger partial charge < -0.3 is 14.0 Å². The van der Waals surface area contributed by atoms with Crippen molar-refractivity contribution in [3.05, 3.63) is 64.0 Å². The predicted molar refractivity (Wildman–Crippen MR) is 101 cm³/mol. The summed E-state index contributed by atoms with van der Waals surface area (Å²) in [5.41, 5.74) is 2.39. The van der Waals surface area contributed by atoms with Crippen molar-refractivity contribution in [3.63, 3.8) is 0 Å². The van der Waals surface area contributed by atoms with Gasteiger partial charge in [-0.15, -0.1) is 0 Å². The highest BCUT2D eigenvalue weighted by Gasteiger charge is 2.23. The van der Waals surface area contributed by atoms with Gasteiger partial charge in [0.1, 0.15) is 5.82 Å². The molecule has 1 aliphatic rings. The average Bonchev–Trinajstić information content (AvgIpc) is 3.14. The third-order valence-electron chi connectivity index (χ3n) is 4.78. The first-order valence-corrected chi connectivity index (χ1v) is 9.01. The molecule has 3 aromatic rings. The Hall–Kier alpha value is -3.22. The summed E-state index contributed by atoms with van der Waals surface area (Å²) >= 11 is 0. The van der Waals surface area contributed by atoms with E-state index in [0.29, 0.717) is 37.0 Å². The molecule has 7 nitrogen and oxygen atoms in total. The van der Waals surface area contributed by atoms with E-state index >= 15 is 0 Å². The number of carbonyl (C=O) groups is 1. The number of hydrogen-bond donors (Lipinski definition) is 0. The quantitative estimate of drug-likeness (QED) is 0.714. The molecule has 7 heteroatoms. The molecule has 138 valence electrons. The Morgan fingerprint density at radius 3 is 2.78 bits per heavy atom. The number of carbonyl (C=O) groups excluding carboxylic acids is 1. The molecule has 0 fully saturated rings. The molecular weight excluding hydrogens is 344 g/mol. The fourth-order valence-corrected chi connectivity index (χ4v) is 3.44. The summed E-state index contributed by atoms with van der Waals surface area (Å²) in [6.07, 6.45) is 3.33. The number of hydrogen-bond acceptors (Lipinski definition) is 5. The number of para-hydroxylation sites is 1. The van der Waals surface area contributed by atoms with Gasteiger partial charge in [0.15, 0.2) is 0 Å².